The van der Waals surface area contributed by atoms with E-state index in [2.05, 4.69) is 27.6 Å². The summed E-state index contributed by atoms with van der Waals surface area (Å²) in [5.41, 5.74) is -0.336. The van der Waals surface area contributed by atoms with Crippen molar-refractivity contribution in [2.24, 2.45) is 10.4 Å². The summed E-state index contributed by atoms with van der Waals surface area (Å²) in [4.78, 5) is 23.5. The zero-order valence-electron chi connectivity index (χ0n) is 16.2. The highest BCUT2D eigenvalue weighted by Gasteiger charge is 2.42. The molecule has 26 heavy (non-hydrogen) atoms. The van der Waals surface area contributed by atoms with E-state index < -0.39 is 0 Å². The van der Waals surface area contributed by atoms with E-state index in [1.165, 1.54) is 0 Å². The van der Waals surface area contributed by atoms with Crippen LogP contribution < -0.4 is 10.6 Å². The smallest absolute Gasteiger partial charge is 0.230 e. The topological polar surface area (TPSA) is 87.4 Å². The standard InChI is InChI=1S/C18H31N7O/c1-4-19-17(23-14-7-8-15-21-13-22-25(15)11-14)20-12-18(9-5-6-10-18)16(26)24(2)3/h13-14H,4-12H2,1-3H3,(H2,19,20,23). The maximum Gasteiger partial charge on any atom is 0.230 e. The number of carbonyl (C=O) groups is 1. The summed E-state index contributed by atoms with van der Waals surface area (Å²) in [6.07, 6.45) is 7.61. The molecule has 1 aromatic rings. The molecule has 0 aromatic carbocycles. The van der Waals surface area contributed by atoms with Crippen LogP contribution in [0.1, 0.15) is 44.9 Å². The zero-order valence-corrected chi connectivity index (χ0v) is 16.2. The second-order valence-electron chi connectivity index (χ2n) is 7.62. The lowest BCUT2D eigenvalue weighted by atomic mass is 9.85. The van der Waals surface area contributed by atoms with Crippen LogP contribution in [0, 0.1) is 5.41 Å². The van der Waals surface area contributed by atoms with Gasteiger partial charge in [0.1, 0.15) is 12.2 Å². The van der Waals surface area contributed by atoms with Crippen molar-refractivity contribution < 1.29 is 4.79 Å². The first-order chi connectivity index (χ1) is 12.5. The van der Waals surface area contributed by atoms with Crippen LogP contribution in [0.25, 0.3) is 0 Å². The number of rotatable bonds is 5. The molecule has 0 spiro atoms. The third-order valence-electron chi connectivity index (χ3n) is 5.45. The van der Waals surface area contributed by atoms with E-state index >= 15 is 0 Å². The van der Waals surface area contributed by atoms with Gasteiger partial charge in [-0.1, -0.05) is 12.8 Å². The van der Waals surface area contributed by atoms with E-state index in [1.54, 1.807) is 11.2 Å². The number of nitrogens with one attached hydrogen (secondary N) is 2. The van der Waals surface area contributed by atoms with Crippen molar-refractivity contribution in [3.05, 3.63) is 12.2 Å². The lowest BCUT2D eigenvalue weighted by molar-refractivity contribution is -0.138. The molecule has 0 bridgehead atoms. The fraction of sp³-hybridized carbons (Fsp3) is 0.778. The molecule has 3 rings (SSSR count). The Morgan fingerprint density at radius 1 is 1.42 bits per heavy atom. The normalized spacial score (nSPS) is 22.0. The van der Waals surface area contributed by atoms with Crippen LogP contribution in [0.5, 0.6) is 0 Å². The Hall–Kier alpha value is -2.12. The molecule has 8 heteroatoms. The molecule has 2 heterocycles. The van der Waals surface area contributed by atoms with E-state index in [0.717, 1.165) is 63.4 Å². The highest BCUT2D eigenvalue weighted by Crippen LogP contribution is 2.39. The average Bonchev–Trinajstić information content (AvgIpc) is 3.28. The predicted molar refractivity (Wildman–Crippen MR) is 101 cm³/mol. The molecule has 1 unspecified atom stereocenters. The first kappa shape index (κ1) is 18.7. The number of fused-ring (bicyclic) bond motifs is 1. The van der Waals surface area contributed by atoms with Crippen molar-refractivity contribution >= 4 is 11.9 Å². The fourth-order valence-corrected chi connectivity index (χ4v) is 4.06. The third kappa shape index (κ3) is 3.99. The SMILES string of the molecule is CCNC(=NCC1(C(=O)N(C)C)CCCC1)NC1CCc2ncnn2C1. The Labute approximate surface area is 155 Å². The van der Waals surface area contributed by atoms with Gasteiger partial charge < -0.3 is 15.5 Å². The number of aromatic nitrogens is 3. The van der Waals surface area contributed by atoms with Crippen molar-refractivity contribution in [3.63, 3.8) is 0 Å². The maximum absolute atomic E-state index is 12.7. The number of nitrogens with zero attached hydrogens (tertiary/aromatic N) is 5. The monoisotopic (exact) mass is 361 g/mol. The van der Waals surface area contributed by atoms with Crippen molar-refractivity contribution in [1.82, 2.24) is 30.3 Å². The number of carbonyl (C=O) groups excluding carboxylic acids is 1. The lowest BCUT2D eigenvalue weighted by Gasteiger charge is -2.30. The van der Waals surface area contributed by atoms with E-state index in [0.29, 0.717) is 6.54 Å². The van der Waals surface area contributed by atoms with Gasteiger partial charge in [0.25, 0.3) is 0 Å². The van der Waals surface area contributed by atoms with Gasteiger partial charge in [-0.15, -0.1) is 0 Å². The summed E-state index contributed by atoms with van der Waals surface area (Å²) in [6.45, 7) is 4.19. The van der Waals surface area contributed by atoms with E-state index in [9.17, 15) is 4.79 Å². The van der Waals surface area contributed by atoms with Gasteiger partial charge in [-0.3, -0.25) is 9.79 Å². The summed E-state index contributed by atoms with van der Waals surface area (Å²) in [5.74, 6) is 2.05. The molecule has 1 saturated carbocycles. The summed E-state index contributed by atoms with van der Waals surface area (Å²) < 4.78 is 1.96. The Bertz CT molecular complexity index is 646. The third-order valence-corrected chi connectivity index (χ3v) is 5.45. The Morgan fingerprint density at radius 3 is 2.88 bits per heavy atom. The van der Waals surface area contributed by atoms with Crippen LogP contribution in [0.2, 0.25) is 0 Å². The van der Waals surface area contributed by atoms with Crippen LogP contribution in [-0.2, 0) is 17.8 Å². The van der Waals surface area contributed by atoms with Gasteiger partial charge in [-0.25, -0.2) is 9.67 Å². The van der Waals surface area contributed by atoms with E-state index in [1.807, 2.05) is 18.8 Å². The van der Waals surface area contributed by atoms with Gasteiger partial charge in [-0.05, 0) is 26.2 Å². The number of hydrogen-bond acceptors (Lipinski definition) is 4. The van der Waals surface area contributed by atoms with Gasteiger partial charge in [0.05, 0.1) is 18.5 Å². The zero-order chi connectivity index (χ0) is 18.6. The molecule has 2 aliphatic rings. The van der Waals surface area contributed by atoms with Gasteiger partial charge in [0.15, 0.2) is 5.96 Å². The number of hydrogen-bond donors (Lipinski definition) is 2. The molecular formula is C18H31N7O. The van der Waals surface area contributed by atoms with E-state index in [4.69, 9.17) is 4.99 Å². The van der Waals surface area contributed by atoms with Gasteiger partial charge >= 0.3 is 0 Å². The fourth-order valence-electron chi connectivity index (χ4n) is 4.06. The molecule has 1 atom stereocenters. The molecule has 8 nitrogen and oxygen atoms in total. The van der Waals surface area contributed by atoms with Crippen molar-refractivity contribution in [2.75, 3.05) is 27.2 Å². The quantitative estimate of drug-likeness (QED) is 0.598. The number of aliphatic imine (C=N–C) groups is 1. The molecule has 1 aromatic heterocycles. The molecule has 2 N–H and O–H groups in total. The minimum Gasteiger partial charge on any atom is -0.357 e. The van der Waals surface area contributed by atoms with Gasteiger partial charge in [0, 0.05) is 33.1 Å². The maximum atomic E-state index is 12.7. The molecule has 1 amide bonds. The van der Waals surface area contributed by atoms with Crippen molar-refractivity contribution in [3.8, 4) is 0 Å². The Balaban J connectivity index is 1.68. The van der Waals surface area contributed by atoms with Crippen LogP contribution in [-0.4, -0.2) is 64.8 Å². The number of aryl methyl sites for hydroxylation is 1. The average molecular weight is 361 g/mol. The molecule has 144 valence electrons. The van der Waals surface area contributed by atoms with Gasteiger partial charge in [0.2, 0.25) is 5.91 Å². The highest BCUT2D eigenvalue weighted by molar-refractivity contribution is 5.84. The van der Waals surface area contributed by atoms with Crippen molar-refractivity contribution in [2.45, 2.75) is 58.0 Å². The van der Waals surface area contributed by atoms with Crippen LogP contribution in [0.4, 0.5) is 0 Å². The van der Waals surface area contributed by atoms with Gasteiger partial charge in [-0.2, -0.15) is 5.10 Å². The Morgan fingerprint density at radius 2 is 2.19 bits per heavy atom. The second-order valence-corrected chi connectivity index (χ2v) is 7.62. The summed E-state index contributed by atoms with van der Waals surface area (Å²) in [6, 6.07) is 0.270. The largest absolute Gasteiger partial charge is 0.357 e. The minimum absolute atomic E-state index is 0.208. The molecule has 0 saturated heterocycles. The number of guanidine groups is 1. The first-order valence-electron chi connectivity index (χ1n) is 9.67. The van der Waals surface area contributed by atoms with Crippen LogP contribution in [0.15, 0.2) is 11.3 Å². The Kier molecular flexibility index (Phi) is 5.78. The van der Waals surface area contributed by atoms with E-state index in [-0.39, 0.29) is 17.4 Å². The lowest BCUT2D eigenvalue weighted by Crippen LogP contribution is -2.48. The molecule has 1 fully saturated rings. The van der Waals surface area contributed by atoms with Crippen LogP contribution in [0.3, 0.4) is 0 Å². The molecule has 0 radical (unpaired) electrons. The molecule has 1 aliphatic heterocycles. The predicted octanol–water partition coefficient (Wildman–Crippen LogP) is 0.797. The van der Waals surface area contributed by atoms with Crippen LogP contribution >= 0.6 is 0 Å². The number of amides is 1. The second kappa shape index (κ2) is 8.05. The summed E-state index contributed by atoms with van der Waals surface area (Å²) in [5, 5.41) is 11.1. The first-order valence-corrected chi connectivity index (χ1v) is 9.67. The highest BCUT2D eigenvalue weighted by atomic mass is 16.2. The summed E-state index contributed by atoms with van der Waals surface area (Å²) >= 11 is 0. The minimum atomic E-state index is -0.336. The summed E-state index contributed by atoms with van der Waals surface area (Å²) in [7, 11) is 3.68. The van der Waals surface area contributed by atoms with Crippen molar-refractivity contribution in [1.29, 1.82) is 0 Å². The molecular weight excluding hydrogens is 330 g/mol. The molecule has 1 aliphatic carbocycles.